The van der Waals surface area contributed by atoms with Crippen molar-refractivity contribution in [3.63, 3.8) is 0 Å². The van der Waals surface area contributed by atoms with Crippen molar-refractivity contribution in [3.8, 4) is 0 Å². The molecular weight excluding hydrogens is 242 g/mol. The van der Waals surface area contributed by atoms with Crippen LogP contribution in [0.1, 0.15) is 32.3 Å². The fourth-order valence-electron chi connectivity index (χ4n) is 2.47. The predicted octanol–water partition coefficient (Wildman–Crippen LogP) is 2.11. The number of carbonyl (C=O) groups is 1. The average Bonchev–Trinajstić information content (AvgIpc) is 2.39. The van der Waals surface area contributed by atoms with Crippen LogP contribution in [0.3, 0.4) is 0 Å². The zero-order valence-corrected chi connectivity index (χ0v) is 11.8. The average molecular weight is 263 g/mol. The second-order valence-corrected chi connectivity index (χ2v) is 5.87. The van der Waals surface area contributed by atoms with E-state index in [0.29, 0.717) is 12.5 Å². The lowest BCUT2D eigenvalue weighted by atomic mass is 9.74. The van der Waals surface area contributed by atoms with Crippen molar-refractivity contribution >= 4 is 11.9 Å². The lowest BCUT2D eigenvalue weighted by Crippen LogP contribution is -2.45. The Bertz CT molecular complexity index is 456. The number of aromatic nitrogens is 2. The Morgan fingerprint density at radius 2 is 2.05 bits per heavy atom. The van der Waals surface area contributed by atoms with Crippen molar-refractivity contribution in [3.05, 3.63) is 18.0 Å². The summed E-state index contributed by atoms with van der Waals surface area (Å²) in [5, 5.41) is 9.34. The van der Waals surface area contributed by atoms with Gasteiger partial charge in [-0.3, -0.25) is 4.79 Å². The molecule has 2 heterocycles. The molecule has 0 aliphatic carbocycles. The summed E-state index contributed by atoms with van der Waals surface area (Å²) >= 11 is 0. The van der Waals surface area contributed by atoms with E-state index in [1.54, 1.807) is 26.2 Å². The van der Waals surface area contributed by atoms with Gasteiger partial charge in [0.15, 0.2) is 0 Å². The van der Waals surface area contributed by atoms with Crippen LogP contribution in [0.15, 0.2) is 12.4 Å². The van der Waals surface area contributed by atoms with Crippen LogP contribution in [-0.2, 0) is 4.79 Å². The van der Waals surface area contributed by atoms with Crippen molar-refractivity contribution in [2.24, 2.45) is 11.3 Å². The van der Waals surface area contributed by atoms with Gasteiger partial charge in [0.1, 0.15) is 0 Å². The predicted molar refractivity (Wildman–Crippen MR) is 73.1 cm³/mol. The van der Waals surface area contributed by atoms with Gasteiger partial charge in [-0.1, -0.05) is 0 Å². The fraction of sp³-hybridized carbons (Fsp3) is 0.643. The minimum atomic E-state index is -0.732. The number of piperidine rings is 1. The Morgan fingerprint density at radius 1 is 1.42 bits per heavy atom. The molecule has 0 spiro atoms. The molecule has 2 rings (SSSR count). The fourth-order valence-corrected chi connectivity index (χ4v) is 2.47. The summed E-state index contributed by atoms with van der Waals surface area (Å²) in [6.07, 6.45) is 5.53. The molecule has 19 heavy (non-hydrogen) atoms. The molecule has 1 aromatic rings. The summed E-state index contributed by atoms with van der Waals surface area (Å²) in [5.74, 6) is 0.101. The summed E-state index contributed by atoms with van der Waals surface area (Å²) in [6, 6.07) is 0. The summed E-state index contributed by atoms with van der Waals surface area (Å²) in [6.45, 7) is 7.17. The van der Waals surface area contributed by atoms with Gasteiger partial charge in [0, 0.05) is 25.5 Å². The molecule has 1 atom stereocenters. The van der Waals surface area contributed by atoms with Gasteiger partial charge in [-0.2, -0.15) is 0 Å². The molecule has 1 aliphatic rings. The van der Waals surface area contributed by atoms with E-state index in [9.17, 15) is 9.90 Å². The molecule has 0 amide bonds. The first kappa shape index (κ1) is 13.8. The minimum Gasteiger partial charge on any atom is -0.481 e. The highest BCUT2D eigenvalue weighted by Gasteiger charge is 2.39. The maximum Gasteiger partial charge on any atom is 0.309 e. The molecule has 0 bridgehead atoms. The maximum absolute atomic E-state index is 11.4. The van der Waals surface area contributed by atoms with E-state index in [1.165, 1.54) is 0 Å². The van der Waals surface area contributed by atoms with E-state index in [1.807, 2.05) is 6.92 Å². The molecule has 0 saturated carbocycles. The lowest BCUT2D eigenvalue weighted by molar-refractivity contribution is -0.150. The number of anilines is 1. The smallest absolute Gasteiger partial charge is 0.309 e. The molecule has 1 unspecified atom stereocenters. The molecule has 1 saturated heterocycles. The Hall–Kier alpha value is -1.65. The van der Waals surface area contributed by atoms with Gasteiger partial charge in [-0.15, -0.1) is 0 Å². The van der Waals surface area contributed by atoms with Crippen LogP contribution in [0.5, 0.6) is 0 Å². The number of nitrogens with zero attached hydrogens (tertiary/aromatic N) is 3. The Kier molecular flexibility index (Phi) is 3.73. The number of aryl methyl sites for hydroxylation is 1. The van der Waals surface area contributed by atoms with Crippen LogP contribution >= 0.6 is 0 Å². The quantitative estimate of drug-likeness (QED) is 0.904. The largest absolute Gasteiger partial charge is 0.481 e. The van der Waals surface area contributed by atoms with E-state index in [2.05, 4.69) is 14.9 Å². The van der Waals surface area contributed by atoms with Crippen LogP contribution < -0.4 is 4.90 Å². The van der Waals surface area contributed by atoms with Crippen LogP contribution in [0.4, 0.5) is 5.95 Å². The van der Waals surface area contributed by atoms with Gasteiger partial charge in [0.05, 0.1) is 5.41 Å². The minimum absolute atomic E-state index is 0.128. The third-order valence-corrected chi connectivity index (χ3v) is 4.04. The third kappa shape index (κ3) is 2.85. The van der Waals surface area contributed by atoms with Gasteiger partial charge in [0.2, 0.25) is 5.95 Å². The van der Waals surface area contributed by atoms with Crippen molar-refractivity contribution in [1.29, 1.82) is 0 Å². The zero-order chi connectivity index (χ0) is 14.0. The van der Waals surface area contributed by atoms with Gasteiger partial charge >= 0.3 is 5.97 Å². The normalized spacial score (nSPS) is 20.4. The van der Waals surface area contributed by atoms with Crippen molar-refractivity contribution in [1.82, 2.24) is 9.97 Å². The topological polar surface area (TPSA) is 66.3 Å². The van der Waals surface area contributed by atoms with Gasteiger partial charge in [-0.25, -0.2) is 9.97 Å². The van der Waals surface area contributed by atoms with Crippen molar-refractivity contribution < 1.29 is 9.90 Å². The molecular formula is C14H21N3O2. The Morgan fingerprint density at radius 3 is 2.63 bits per heavy atom. The second kappa shape index (κ2) is 5.15. The Labute approximate surface area is 113 Å². The molecule has 104 valence electrons. The molecule has 0 aromatic carbocycles. The lowest BCUT2D eigenvalue weighted by Gasteiger charge is -2.39. The third-order valence-electron chi connectivity index (χ3n) is 4.04. The number of rotatable bonds is 3. The highest BCUT2D eigenvalue weighted by molar-refractivity contribution is 5.74. The monoisotopic (exact) mass is 263 g/mol. The standard InChI is InChI=1S/C14H21N3O2/c1-10-7-15-13(16-8-10)17-6-4-5-11(9-17)14(2,3)12(18)19/h7-8,11H,4-6,9H2,1-3H3,(H,18,19). The molecule has 1 aliphatic heterocycles. The number of hydrogen-bond acceptors (Lipinski definition) is 4. The number of carboxylic acids is 1. The van der Waals surface area contributed by atoms with Crippen LogP contribution in [0.2, 0.25) is 0 Å². The first-order chi connectivity index (χ1) is 8.91. The highest BCUT2D eigenvalue weighted by Crippen LogP contribution is 2.34. The van der Waals surface area contributed by atoms with E-state index in [4.69, 9.17) is 0 Å². The number of hydrogen-bond donors (Lipinski definition) is 1. The first-order valence-electron chi connectivity index (χ1n) is 6.68. The van der Waals surface area contributed by atoms with Gasteiger partial charge < -0.3 is 10.0 Å². The van der Waals surface area contributed by atoms with Crippen molar-refractivity contribution in [2.75, 3.05) is 18.0 Å². The van der Waals surface area contributed by atoms with Crippen LogP contribution in [-0.4, -0.2) is 34.1 Å². The summed E-state index contributed by atoms with van der Waals surface area (Å²) in [7, 11) is 0. The van der Waals surface area contributed by atoms with E-state index < -0.39 is 11.4 Å². The molecule has 1 aromatic heterocycles. The van der Waals surface area contributed by atoms with Crippen LogP contribution in [0.25, 0.3) is 0 Å². The van der Waals surface area contributed by atoms with Crippen molar-refractivity contribution in [2.45, 2.75) is 33.6 Å². The summed E-state index contributed by atoms with van der Waals surface area (Å²) < 4.78 is 0. The highest BCUT2D eigenvalue weighted by atomic mass is 16.4. The van der Waals surface area contributed by atoms with Gasteiger partial charge in [-0.05, 0) is 45.1 Å². The van der Waals surface area contributed by atoms with E-state index in [0.717, 1.165) is 24.9 Å². The van der Waals surface area contributed by atoms with Gasteiger partial charge in [0.25, 0.3) is 0 Å². The van der Waals surface area contributed by atoms with E-state index in [-0.39, 0.29) is 5.92 Å². The summed E-state index contributed by atoms with van der Waals surface area (Å²) in [5.41, 5.74) is 0.326. The molecule has 5 nitrogen and oxygen atoms in total. The molecule has 0 radical (unpaired) electrons. The number of carboxylic acid groups (broad SMARTS) is 1. The summed E-state index contributed by atoms with van der Waals surface area (Å²) in [4.78, 5) is 22.1. The Balaban J connectivity index is 2.13. The first-order valence-corrected chi connectivity index (χ1v) is 6.68. The molecule has 1 N–H and O–H groups in total. The molecule has 5 heteroatoms. The van der Waals surface area contributed by atoms with Crippen LogP contribution in [0, 0.1) is 18.3 Å². The van der Waals surface area contributed by atoms with E-state index >= 15 is 0 Å². The molecule has 1 fully saturated rings. The number of aliphatic carboxylic acids is 1. The second-order valence-electron chi connectivity index (χ2n) is 5.87. The zero-order valence-electron chi connectivity index (χ0n) is 11.8. The SMILES string of the molecule is Cc1cnc(N2CCCC(C(C)(C)C(=O)O)C2)nc1. The maximum atomic E-state index is 11.4.